The number of phenolic OH excluding ortho intramolecular Hbond substituents is 1. The number of rotatable bonds is 2. The molecule has 0 fully saturated rings. The Labute approximate surface area is 138 Å². The first kappa shape index (κ1) is 15.8. The van der Waals surface area contributed by atoms with Crippen LogP contribution in [0.25, 0.3) is 0 Å². The standard InChI is InChI=1S/C17H17N3O4/c21-16-9-8-13(11-15(16)20(23)24)18-17(22)19-10-4-3-6-12-5-1-2-7-14(12)19/h1-2,5,7-9,11,21H,3-4,6,10H2,(H,18,22). The molecule has 0 bridgehead atoms. The number of carbonyl (C=O) groups is 1. The van der Waals surface area contributed by atoms with Crippen molar-refractivity contribution in [1.29, 1.82) is 0 Å². The number of hydrogen-bond acceptors (Lipinski definition) is 4. The minimum absolute atomic E-state index is 0.270. The Kier molecular flexibility index (Phi) is 4.33. The number of nitro groups is 1. The molecule has 0 aromatic heterocycles. The lowest BCUT2D eigenvalue weighted by molar-refractivity contribution is -0.385. The van der Waals surface area contributed by atoms with Crippen LogP contribution in [0, 0.1) is 10.1 Å². The molecule has 0 saturated carbocycles. The lowest BCUT2D eigenvalue weighted by Crippen LogP contribution is -2.35. The van der Waals surface area contributed by atoms with Gasteiger partial charge in [0.1, 0.15) is 0 Å². The molecule has 124 valence electrons. The van der Waals surface area contributed by atoms with Gasteiger partial charge in [0.2, 0.25) is 0 Å². The van der Waals surface area contributed by atoms with Crippen LogP contribution in [0.5, 0.6) is 5.75 Å². The summed E-state index contributed by atoms with van der Waals surface area (Å²) < 4.78 is 0. The van der Waals surface area contributed by atoms with Gasteiger partial charge in [-0.25, -0.2) is 4.79 Å². The summed E-state index contributed by atoms with van der Waals surface area (Å²) in [6.07, 6.45) is 2.81. The Bertz CT molecular complexity index is 791. The Morgan fingerprint density at radius 1 is 1.21 bits per heavy atom. The van der Waals surface area contributed by atoms with Gasteiger partial charge in [-0.15, -0.1) is 0 Å². The second kappa shape index (κ2) is 6.57. The zero-order chi connectivity index (χ0) is 17.1. The highest BCUT2D eigenvalue weighted by atomic mass is 16.6. The second-order valence-electron chi connectivity index (χ2n) is 5.63. The lowest BCUT2D eigenvalue weighted by atomic mass is 10.1. The van der Waals surface area contributed by atoms with Crippen LogP contribution in [-0.4, -0.2) is 22.6 Å². The van der Waals surface area contributed by atoms with E-state index in [1.165, 1.54) is 12.1 Å². The Morgan fingerprint density at radius 2 is 2.00 bits per heavy atom. The van der Waals surface area contributed by atoms with Crippen LogP contribution in [-0.2, 0) is 6.42 Å². The summed E-state index contributed by atoms with van der Waals surface area (Å²) >= 11 is 0. The number of benzene rings is 2. The number of fused-ring (bicyclic) bond motifs is 1. The van der Waals surface area contributed by atoms with Crippen LogP contribution >= 0.6 is 0 Å². The molecule has 24 heavy (non-hydrogen) atoms. The molecule has 0 atom stereocenters. The second-order valence-corrected chi connectivity index (χ2v) is 5.63. The summed E-state index contributed by atoms with van der Waals surface area (Å²) in [6, 6.07) is 11.2. The van der Waals surface area contributed by atoms with E-state index in [9.17, 15) is 20.0 Å². The topological polar surface area (TPSA) is 95.7 Å². The number of nitrogens with zero attached hydrogens (tertiary/aromatic N) is 2. The molecule has 0 spiro atoms. The van der Waals surface area contributed by atoms with E-state index in [0.717, 1.165) is 36.6 Å². The lowest BCUT2D eigenvalue weighted by Gasteiger charge is -2.23. The maximum Gasteiger partial charge on any atom is 0.326 e. The first-order chi connectivity index (χ1) is 11.6. The molecule has 7 heteroatoms. The molecule has 1 heterocycles. The van der Waals surface area contributed by atoms with Gasteiger partial charge in [-0.1, -0.05) is 18.2 Å². The molecule has 7 nitrogen and oxygen atoms in total. The van der Waals surface area contributed by atoms with E-state index in [1.54, 1.807) is 4.90 Å². The van der Waals surface area contributed by atoms with E-state index in [0.29, 0.717) is 6.54 Å². The third-order valence-electron chi connectivity index (χ3n) is 4.03. The number of nitro benzene ring substituents is 1. The summed E-state index contributed by atoms with van der Waals surface area (Å²) in [4.78, 5) is 24.5. The van der Waals surface area contributed by atoms with Gasteiger partial charge in [-0.05, 0) is 43.0 Å². The minimum Gasteiger partial charge on any atom is -0.502 e. The molecule has 2 amide bonds. The van der Waals surface area contributed by atoms with Crippen molar-refractivity contribution in [3.05, 3.63) is 58.1 Å². The van der Waals surface area contributed by atoms with Crippen LogP contribution in [0.3, 0.4) is 0 Å². The van der Waals surface area contributed by atoms with E-state index in [2.05, 4.69) is 5.32 Å². The highest BCUT2D eigenvalue weighted by Crippen LogP contribution is 2.30. The summed E-state index contributed by atoms with van der Waals surface area (Å²) in [5, 5.41) is 23.1. The first-order valence-corrected chi connectivity index (χ1v) is 7.70. The number of hydrogen-bond donors (Lipinski definition) is 2. The highest BCUT2D eigenvalue weighted by molar-refractivity contribution is 6.02. The fourth-order valence-corrected chi connectivity index (χ4v) is 2.84. The van der Waals surface area contributed by atoms with Crippen LogP contribution in [0.15, 0.2) is 42.5 Å². The van der Waals surface area contributed by atoms with Crippen molar-refractivity contribution < 1.29 is 14.8 Å². The van der Waals surface area contributed by atoms with Gasteiger partial charge >= 0.3 is 11.7 Å². The van der Waals surface area contributed by atoms with Gasteiger partial charge < -0.3 is 10.4 Å². The molecule has 0 unspecified atom stereocenters. The normalized spacial score (nSPS) is 13.8. The fourth-order valence-electron chi connectivity index (χ4n) is 2.84. The van der Waals surface area contributed by atoms with Gasteiger partial charge in [0.15, 0.2) is 5.75 Å². The van der Waals surface area contributed by atoms with Crippen molar-refractivity contribution in [2.75, 3.05) is 16.8 Å². The predicted octanol–water partition coefficient (Wildman–Crippen LogP) is 3.68. The third kappa shape index (κ3) is 3.15. The maximum atomic E-state index is 12.6. The Hall–Kier alpha value is -3.09. The first-order valence-electron chi connectivity index (χ1n) is 7.70. The monoisotopic (exact) mass is 327 g/mol. The number of anilines is 2. The molecular formula is C17H17N3O4. The Balaban J connectivity index is 1.85. The minimum atomic E-state index is -0.688. The third-order valence-corrected chi connectivity index (χ3v) is 4.03. The van der Waals surface area contributed by atoms with Crippen molar-refractivity contribution in [2.24, 2.45) is 0 Å². The predicted molar refractivity (Wildman–Crippen MR) is 90.5 cm³/mol. The van der Waals surface area contributed by atoms with E-state index < -0.39 is 16.4 Å². The average molecular weight is 327 g/mol. The van der Waals surface area contributed by atoms with E-state index in [4.69, 9.17) is 0 Å². The van der Waals surface area contributed by atoms with Gasteiger partial charge in [0, 0.05) is 24.0 Å². The highest BCUT2D eigenvalue weighted by Gasteiger charge is 2.22. The number of urea groups is 1. The number of carbonyl (C=O) groups excluding carboxylic acids is 1. The zero-order valence-electron chi connectivity index (χ0n) is 12.9. The summed E-state index contributed by atoms with van der Waals surface area (Å²) in [6.45, 7) is 0.586. The molecule has 0 saturated heterocycles. The van der Waals surface area contributed by atoms with Crippen molar-refractivity contribution >= 4 is 23.1 Å². The summed E-state index contributed by atoms with van der Waals surface area (Å²) in [5.41, 5.74) is 1.80. The largest absolute Gasteiger partial charge is 0.502 e. The van der Waals surface area contributed by atoms with Gasteiger partial charge in [-0.2, -0.15) is 0 Å². The van der Waals surface area contributed by atoms with Gasteiger partial charge in [0.25, 0.3) is 0 Å². The summed E-state index contributed by atoms with van der Waals surface area (Å²) in [5.74, 6) is -0.432. The van der Waals surface area contributed by atoms with Crippen molar-refractivity contribution in [3.8, 4) is 5.75 Å². The number of phenols is 1. The number of nitrogens with one attached hydrogen (secondary N) is 1. The molecule has 2 aromatic carbocycles. The number of aromatic hydroxyl groups is 1. The van der Waals surface area contributed by atoms with Gasteiger partial charge in [-0.3, -0.25) is 15.0 Å². The van der Waals surface area contributed by atoms with E-state index in [-0.39, 0.29) is 11.7 Å². The van der Waals surface area contributed by atoms with E-state index >= 15 is 0 Å². The number of aryl methyl sites for hydroxylation is 1. The smallest absolute Gasteiger partial charge is 0.326 e. The van der Waals surface area contributed by atoms with Crippen LogP contribution < -0.4 is 10.2 Å². The van der Waals surface area contributed by atoms with Crippen molar-refractivity contribution in [2.45, 2.75) is 19.3 Å². The number of amides is 2. The average Bonchev–Trinajstić information content (AvgIpc) is 2.78. The zero-order valence-corrected chi connectivity index (χ0v) is 12.9. The molecule has 1 aliphatic heterocycles. The van der Waals surface area contributed by atoms with Crippen LogP contribution in [0.2, 0.25) is 0 Å². The van der Waals surface area contributed by atoms with Crippen LogP contribution in [0.4, 0.5) is 21.9 Å². The molecule has 0 radical (unpaired) electrons. The van der Waals surface area contributed by atoms with Crippen molar-refractivity contribution in [3.63, 3.8) is 0 Å². The van der Waals surface area contributed by atoms with Crippen LogP contribution in [0.1, 0.15) is 18.4 Å². The van der Waals surface area contributed by atoms with Gasteiger partial charge in [0.05, 0.1) is 4.92 Å². The molecule has 1 aliphatic rings. The molecular weight excluding hydrogens is 310 g/mol. The molecule has 0 aliphatic carbocycles. The summed E-state index contributed by atoms with van der Waals surface area (Å²) in [7, 11) is 0. The Morgan fingerprint density at radius 3 is 2.79 bits per heavy atom. The maximum absolute atomic E-state index is 12.6. The quantitative estimate of drug-likeness (QED) is 0.499. The fraction of sp³-hybridized carbons (Fsp3) is 0.235. The molecule has 2 N–H and O–H groups in total. The SMILES string of the molecule is O=C(Nc1ccc(O)c([N+](=O)[O-])c1)N1CCCCc2ccccc21. The van der Waals surface area contributed by atoms with E-state index in [1.807, 2.05) is 24.3 Å². The molecule has 2 aromatic rings. The van der Waals surface area contributed by atoms with Crippen molar-refractivity contribution in [1.82, 2.24) is 0 Å². The molecule has 3 rings (SSSR count). The number of para-hydroxylation sites is 1.